The molecule has 0 saturated carbocycles. The molecular formula is C11H19N. The van der Waals surface area contributed by atoms with Crippen LogP contribution in [-0.2, 0) is 0 Å². The highest BCUT2D eigenvalue weighted by Gasteiger charge is 2.16. The number of nitrogens with one attached hydrogen (secondary N) is 1. The van der Waals surface area contributed by atoms with E-state index in [-0.39, 0.29) is 0 Å². The van der Waals surface area contributed by atoms with Gasteiger partial charge in [0.05, 0.1) is 0 Å². The van der Waals surface area contributed by atoms with Crippen molar-refractivity contribution in [1.29, 1.82) is 0 Å². The molecule has 1 atom stereocenters. The summed E-state index contributed by atoms with van der Waals surface area (Å²) < 4.78 is 0. The van der Waals surface area contributed by atoms with Crippen LogP contribution in [-0.4, -0.2) is 7.05 Å². The molecule has 12 heavy (non-hydrogen) atoms. The summed E-state index contributed by atoms with van der Waals surface area (Å²) in [6, 6.07) is 0. The van der Waals surface area contributed by atoms with Crippen molar-refractivity contribution in [3.63, 3.8) is 0 Å². The van der Waals surface area contributed by atoms with Crippen molar-refractivity contribution in [2.45, 2.75) is 32.6 Å². The summed E-state index contributed by atoms with van der Waals surface area (Å²) in [7, 11) is 2.01. The van der Waals surface area contributed by atoms with Crippen LogP contribution in [0.5, 0.6) is 0 Å². The molecule has 1 aliphatic carbocycles. The third kappa shape index (κ3) is 1.90. The predicted octanol–water partition coefficient (Wildman–Crippen LogP) is 2.86. The Morgan fingerprint density at radius 3 is 2.92 bits per heavy atom. The molecule has 0 aromatic heterocycles. The van der Waals surface area contributed by atoms with E-state index in [1.54, 1.807) is 0 Å². The Labute approximate surface area is 75.6 Å². The van der Waals surface area contributed by atoms with E-state index in [9.17, 15) is 0 Å². The number of allylic oxidation sites excluding steroid dienone is 3. The van der Waals surface area contributed by atoms with Crippen LogP contribution >= 0.6 is 0 Å². The molecule has 0 spiro atoms. The van der Waals surface area contributed by atoms with E-state index >= 15 is 0 Å². The molecule has 1 unspecified atom stereocenters. The lowest BCUT2D eigenvalue weighted by Crippen LogP contribution is -2.16. The molecule has 0 aliphatic heterocycles. The molecule has 0 saturated heterocycles. The van der Waals surface area contributed by atoms with Crippen LogP contribution in [0.4, 0.5) is 0 Å². The van der Waals surface area contributed by atoms with Gasteiger partial charge in [0.2, 0.25) is 0 Å². The Morgan fingerprint density at radius 2 is 2.42 bits per heavy atom. The van der Waals surface area contributed by atoms with Gasteiger partial charge in [0.25, 0.3) is 0 Å². The molecule has 0 amide bonds. The van der Waals surface area contributed by atoms with Crippen molar-refractivity contribution < 1.29 is 0 Å². The van der Waals surface area contributed by atoms with Crippen LogP contribution in [0.1, 0.15) is 32.6 Å². The first-order valence-electron chi connectivity index (χ1n) is 4.84. The van der Waals surface area contributed by atoms with E-state index in [1.807, 2.05) is 13.1 Å². The second-order valence-corrected chi connectivity index (χ2v) is 3.47. The Bertz CT molecular complexity index is 191. The molecule has 1 aliphatic rings. The smallest absolute Gasteiger partial charge is 0.0136 e. The maximum Gasteiger partial charge on any atom is 0.0136 e. The SMILES string of the molecule is C=CC1=C(NC)CCC(CC)C1. The number of hydrogen-bond donors (Lipinski definition) is 1. The zero-order valence-corrected chi connectivity index (χ0v) is 8.19. The monoisotopic (exact) mass is 165 g/mol. The van der Waals surface area contributed by atoms with Crippen molar-refractivity contribution in [3.05, 3.63) is 23.9 Å². The fraction of sp³-hybridized carbons (Fsp3) is 0.636. The Balaban J connectivity index is 2.69. The van der Waals surface area contributed by atoms with Gasteiger partial charge in [0.1, 0.15) is 0 Å². The van der Waals surface area contributed by atoms with Gasteiger partial charge >= 0.3 is 0 Å². The maximum atomic E-state index is 3.85. The predicted molar refractivity (Wildman–Crippen MR) is 53.9 cm³/mol. The lowest BCUT2D eigenvalue weighted by atomic mass is 9.85. The molecule has 0 aromatic carbocycles. The highest BCUT2D eigenvalue weighted by molar-refractivity contribution is 5.25. The first kappa shape index (κ1) is 9.37. The summed E-state index contributed by atoms with van der Waals surface area (Å²) in [4.78, 5) is 0. The molecule has 0 heterocycles. The van der Waals surface area contributed by atoms with Crippen LogP contribution in [0.3, 0.4) is 0 Å². The standard InChI is InChI=1S/C11H19N/c1-4-9-6-7-11(12-3)10(5-2)8-9/h5,9,12H,2,4,6-8H2,1,3H3. The van der Waals surface area contributed by atoms with E-state index in [2.05, 4.69) is 18.8 Å². The summed E-state index contributed by atoms with van der Waals surface area (Å²) in [5.41, 5.74) is 2.82. The van der Waals surface area contributed by atoms with Crippen LogP contribution in [0.25, 0.3) is 0 Å². The highest BCUT2D eigenvalue weighted by Crippen LogP contribution is 2.30. The molecule has 0 bridgehead atoms. The van der Waals surface area contributed by atoms with E-state index in [4.69, 9.17) is 0 Å². The normalized spacial score (nSPS) is 24.0. The zero-order chi connectivity index (χ0) is 8.97. The highest BCUT2D eigenvalue weighted by atomic mass is 14.8. The van der Waals surface area contributed by atoms with Gasteiger partial charge in [-0.05, 0) is 30.8 Å². The third-order valence-electron chi connectivity index (χ3n) is 2.82. The summed E-state index contributed by atoms with van der Waals surface area (Å²) >= 11 is 0. The molecule has 1 N–H and O–H groups in total. The Kier molecular flexibility index (Phi) is 3.39. The Hall–Kier alpha value is -0.720. The third-order valence-corrected chi connectivity index (χ3v) is 2.82. The quantitative estimate of drug-likeness (QED) is 0.678. The van der Waals surface area contributed by atoms with Gasteiger partial charge in [-0.3, -0.25) is 0 Å². The van der Waals surface area contributed by atoms with Crippen LogP contribution in [0.15, 0.2) is 23.9 Å². The van der Waals surface area contributed by atoms with Crippen molar-refractivity contribution in [1.82, 2.24) is 5.32 Å². The first-order chi connectivity index (χ1) is 5.81. The molecule has 68 valence electrons. The molecule has 1 nitrogen and oxygen atoms in total. The van der Waals surface area contributed by atoms with Gasteiger partial charge in [-0.25, -0.2) is 0 Å². The number of hydrogen-bond acceptors (Lipinski definition) is 1. The zero-order valence-electron chi connectivity index (χ0n) is 8.19. The van der Waals surface area contributed by atoms with Gasteiger partial charge in [-0.2, -0.15) is 0 Å². The largest absolute Gasteiger partial charge is 0.391 e. The lowest BCUT2D eigenvalue weighted by molar-refractivity contribution is 0.438. The van der Waals surface area contributed by atoms with Crippen LogP contribution in [0, 0.1) is 5.92 Å². The first-order valence-corrected chi connectivity index (χ1v) is 4.84. The average Bonchev–Trinajstić information content (AvgIpc) is 2.16. The van der Waals surface area contributed by atoms with Gasteiger partial charge in [-0.1, -0.05) is 26.0 Å². The van der Waals surface area contributed by atoms with E-state index < -0.39 is 0 Å². The minimum atomic E-state index is 0.884. The molecular weight excluding hydrogens is 146 g/mol. The topological polar surface area (TPSA) is 12.0 Å². The average molecular weight is 165 g/mol. The van der Waals surface area contributed by atoms with Gasteiger partial charge in [0.15, 0.2) is 0 Å². The summed E-state index contributed by atoms with van der Waals surface area (Å²) in [6.07, 6.45) is 7.07. The minimum Gasteiger partial charge on any atom is -0.391 e. The minimum absolute atomic E-state index is 0.884. The maximum absolute atomic E-state index is 3.85. The summed E-state index contributed by atoms with van der Waals surface area (Å²) in [5, 5.41) is 3.26. The van der Waals surface area contributed by atoms with Crippen molar-refractivity contribution in [2.24, 2.45) is 5.92 Å². The van der Waals surface area contributed by atoms with Crippen molar-refractivity contribution in [3.8, 4) is 0 Å². The van der Waals surface area contributed by atoms with E-state index in [0.717, 1.165) is 5.92 Å². The number of rotatable bonds is 3. The summed E-state index contributed by atoms with van der Waals surface area (Å²) in [6.45, 7) is 6.13. The van der Waals surface area contributed by atoms with E-state index in [0.29, 0.717) is 0 Å². The van der Waals surface area contributed by atoms with Crippen molar-refractivity contribution in [2.75, 3.05) is 7.05 Å². The second-order valence-electron chi connectivity index (χ2n) is 3.47. The Morgan fingerprint density at radius 1 is 1.67 bits per heavy atom. The fourth-order valence-corrected chi connectivity index (χ4v) is 1.89. The van der Waals surface area contributed by atoms with E-state index in [1.165, 1.54) is 37.0 Å². The molecule has 1 rings (SSSR count). The fourth-order valence-electron chi connectivity index (χ4n) is 1.89. The molecule has 0 aromatic rings. The molecule has 0 fully saturated rings. The van der Waals surface area contributed by atoms with Crippen LogP contribution < -0.4 is 5.32 Å². The van der Waals surface area contributed by atoms with Gasteiger partial charge < -0.3 is 5.32 Å². The molecule has 0 radical (unpaired) electrons. The lowest BCUT2D eigenvalue weighted by Gasteiger charge is -2.24. The van der Waals surface area contributed by atoms with Crippen LogP contribution in [0.2, 0.25) is 0 Å². The molecule has 1 heteroatoms. The van der Waals surface area contributed by atoms with Gasteiger partial charge in [0, 0.05) is 12.7 Å². The van der Waals surface area contributed by atoms with Crippen molar-refractivity contribution >= 4 is 0 Å². The summed E-state index contributed by atoms with van der Waals surface area (Å²) in [5.74, 6) is 0.884. The van der Waals surface area contributed by atoms with Gasteiger partial charge in [-0.15, -0.1) is 0 Å². The second kappa shape index (κ2) is 4.34.